The fraction of sp³-hybridized carbons (Fsp3) is 0.556. The first-order valence-electron chi connectivity index (χ1n) is 8.25. The summed E-state index contributed by atoms with van der Waals surface area (Å²) >= 11 is 0. The van der Waals surface area contributed by atoms with Crippen molar-refractivity contribution in [1.82, 2.24) is 10.2 Å². The van der Waals surface area contributed by atoms with Crippen LogP contribution in [0, 0.1) is 0 Å². The fourth-order valence-electron chi connectivity index (χ4n) is 3.07. The lowest BCUT2D eigenvalue weighted by atomic mass is 9.97. The third kappa shape index (κ3) is 5.36. The Labute approximate surface area is 136 Å². The van der Waals surface area contributed by atoms with Gasteiger partial charge in [0.05, 0.1) is 5.56 Å². The molecule has 128 valence electrons. The van der Waals surface area contributed by atoms with Crippen LogP contribution in [0.25, 0.3) is 0 Å². The van der Waals surface area contributed by atoms with Crippen molar-refractivity contribution in [2.45, 2.75) is 37.9 Å². The number of hydrogen-bond acceptors (Lipinski definition) is 2. The van der Waals surface area contributed by atoms with E-state index in [0.717, 1.165) is 57.4 Å². The van der Waals surface area contributed by atoms with Crippen LogP contribution in [0.2, 0.25) is 0 Å². The van der Waals surface area contributed by atoms with Gasteiger partial charge in [0, 0.05) is 32.2 Å². The topological polar surface area (TPSA) is 15.3 Å². The summed E-state index contributed by atoms with van der Waals surface area (Å²) in [7, 11) is 0. The quantitative estimate of drug-likeness (QED) is 0.590. The zero-order chi connectivity index (χ0) is 16.7. The molecule has 0 saturated carbocycles. The molecule has 1 aromatic carbocycles. The van der Waals surface area contributed by atoms with Gasteiger partial charge in [0.15, 0.2) is 0 Å². The maximum absolute atomic E-state index is 12.7. The Morgan fingerprint density at radius 2 is 1.78 bits per heavy atom. The highest BCUT2D eigenvalue weighted by molar-refractivity contribution is 5.27. The summed E-state index contributed by atoms with van der Waals surface area (Å²) in [5, 5.41) is 3.32. The molecule has 0 spiro atoms. The molecule has 2 nitrogen and oxygen atoms in total. The standard InChI is InChI=1S/C18H25F3N2/c1-2-3-4-5-6-17(23-13-11-22-12-14-23)15-7-9-16(10-8-15)18(19,20)21/h2,7-10,17,22H,1,3-6,11-14H2/t17-/m1/s1. The highest BCUT2D eigenvalue weighted by Gasteiger charge is 2.30. The van der Waals surface area contributed by atoms with Crippen LogP contribution in [0.5, 0.6) is 0 Å². The molecule has 0 bridgehead atoms. The van der Waals surface area contributed by atoms with Gasteiger partial charge in [-0.1, -0.05) is 24.6 Å². The van der Waals surface area contributed by atoms with Crippen LogP contribution in [0.15, 0.2) is 36.9 Å². The number of piperazine rings is 1. The molecule has 1 aliphatic rings. The summed E-state index contributed by atoms with van der Waals surface area (Å²) in [6.45, 7) is 7.48. The number of allylic oxidation sites excluding steroid dienone is 1. The third-order valence-electron chi connectivity index (χ3n) is 4.35. The minimum Gasteiger partial charge on any atom is -0.314 e. The SMILES string of the molecule is C=CCCCC[C@H](c1ccc(C(F)(F)F)cc1)N1CCNCC1. The molecule has 1 atom stereocenters. The minimum absolute atomic E-state index is 0.198. The molecule has 1 fully saturated rings. The molecule has 1 saturated heterocycles. The summed E-state index contributed by atoms with van der Waals surface area (Å²) < 4.78 is 38.2. The molecule has 2 rings (SSSR count). The second-order valence-electron chi connectivity index (χ2n) is 5.99. The van der Waals surface area contributed by atoms with E-state index >= 15 is 0 Å². The molecule has 1 heterocycles. The summed E-state index contributed by atoms with van der Waals surface area (Å²) in [4.78, 5) is 2.38. The average molecular weight is 326 g/mol. The molecule has 0 amide bonds. The van der Waals surface area contributed by atoms with Crippen LogP contribution < -0.4 is 5.32 Å². The van der Waals surface area contributed by atoms with Gasteiger partial charge in [0.25, 0.3) is 0 Å². The minimum atomic E-state index is -4.27. The Kier molecular flexibility index (Phi) is 6.66. The van der Waals surface area contributed by atoms with Gasteiger partial charge in [-0.25, -0.2) is 0 Å². The Balaban J connectivity index is 2.09. The highest BCUT2D eigenvalue weighted by atomic mass is 19.4. The van der Waals surface area contributed by atoms with Crippen molar-refractivity contribution >= 4 is 0 Å². The molecule has 1 aliphatic heterocycles. The first-order valence-corrected chi connectivity index (χ1v) is 8.25. The predicted octanol–water partition coefficient (Wildman–Crippen LogP) is 4.40. The third-order valence-corrected chi connectivity index (χ3v) is 4.35. The molecule has 0 unspecified atom stereocenters. The molecule has 1 aromatic rings. The molecular weight excluding hydrogens is 301 g/mol. The lowest BCUT2D eigenvalue weighted by molar-refractivity contribution is -0.137. The van der Waals surface area contributed by atoms with Gasteiger partial charge in [-0.05, 0) is 37.0 Å². The van der Waals surface area contributed by atoms with E-state index in [1.165, 1.54) is 12.1 Å². The molecule has 0 aliphatic carbocycles. The van der Waals surface area contributed by atoms with E-state index in [9.17, 15) is 13.2 Å². The van der Waals surface area contributed by atoms with E-state index in [2.05, 4.69) is 16.8 Å². The van der Waals surface area contributed by atoms with Gasteiger partial charge in [0.1, 0.15) is 0 Å². The number of hydrogen-bond donors (Lipinski definition) is 1. The molecule has 0 aromatic heterocycles. The van der Waals surface area contributed by atoms with E-state index in [0.29, 0.717) is 0 Å². The Morgan fingerprint density at radius 1 is 1.13 bits per heavy atom. The number of nitrogens with zero attached hydrogens (tertiary/aromatic N) is 1. The van der Waals surface area contributed by atoms with Crippen LogP contribution in [0.3, 0.4) is 0 Å². The van der Waals surface area contributed by atoms with E-state index in [1.807, 2.05) is 6.08 Å². The first kappa shape index (κ1) is 18.0. The van der Waals surface area contributed by atoms with E-state index in [4.69, 9.17) is 0 Å². The lowest BCUT2D eigenvalue weighted by Crippen LogP contribution is -2.45. The molecule has 5 heteroatoms. The number of halogens is 3. The molecule has 1 N–H and O–H groups in total. The summed E-state index contributed by atoms with van der Waals surface area (Å²) in [5.74, 6) is 0. The van der Waals surface area contributed by atoms with E-state index < -0.39 is 11.7 Å². The van der Waals surface area contributed by atoms with Gasteiger partial charge in [0.2, 0.25) is 0 Å². The number of benzene rings is 1. The second-order valence-corrected chi connectivity index (χ2v) is 5.99. The second kappa shape index (κ2) is 8.50. The van der Waals surface area contributed by atoms with Crippen molar-refractivity contribution in [2.24, 2.45) is 0 Å². The first-order chi connectivity index (χ1) is 11.0. The van der Waals surface area contributed by atoms with Crippen molar-refractivity contribution < 1.29 is 13.2 Å². The summed E-state index contributed by atoms with van der Waals surface area (Å²) in [5.41, 5.74) is 0.408. The number of rotatable bonds is 7. The Morgan fingerprint density at radius 3 is 2.35 bits per heavy atom. The normalized spacial score (nSPS) is 17.9. The van der Waals surface area contributed by atoms with Gasteiger partial charge in [-0.2, -0.15) is 13.2 Å². The van der Waals surface area contributed by atoms with Crippen molar-refractivity contribution in [1.29, 1.82) is 0 Å². The van der Waals surface area contributed by atoms with Crippen molar-refractivity contribution in [3.8, 4) is 0 Å². The summed E-state index contributed by atoms with van der Waals surface area (Å²) in [6.07, 6.45) is 1.74. The van der Waals surface area contributed by atoms with Gasteiger partial charge >= 0.3 is 6.18 Å². The number of nitrogens with one attached hydrogen (secondary N) is 1. The zero-order valence-corrected chi connectivity index (χ0v) is 13.4. The van der Waals surface area contributed by atoms with Crippen LogP contribution in [-0.2, 0) is 6.18 Å². The fourth-order valence-corrected chi connectivity index (χ4v) is 3.07. The van der Waals surface area contributed by atoms with Crippen molar-refractivity contribution in [2.75, 3.05) is 26.2 Å². The van der Waals surface area contributed by atoms with Crippen LogP contribution in [0.4, 0.5) is 13.2 Å². The Hall–Kier alpha value is -1.33. The van der Waals surface area contributed by atoms with Crippen molar-refractivity contribution in [3.63, 3.8) is 0 Å². The molecule has 0 radical (unpaired) electrons. The average Bonchev–Trinajstić information content (AvgIpc) is 2.55. The van der Waals surface area contributed by atoms with Crippen LogP contribution in [0.1, 0.15) is 42.9 Å². The van der Waals surface area contributed by atoms with Gasteiger partial charge in [-0.15, -0.1) is 6.58 Å². The maximum atomic E-state index is 12.7. The van der Waals surface area contributed by atoms with E-state index in [-0.39, 0.29) is 6.04 Å². The van der Waals surface area contributed by atoms with Gasteiger partial charge < -0.3 is 5.32 Å². The molecule has 23 heavy (non-hydrogen) atoms. The lowest BCUT2D eigenvalue weighted by Gasteiger charge is -2.35. The maximum Gasteiger partial charge on any atom is 0.416 e. The highest BCUT2D eigenvalue weighted by Crippen LogP contribution is 2.32. The zero-order valence-electron chi connectivity index (χ0n) is 13.4. The van der Waals surface area contributed by atoms with Crippen LogP contribution >= 0.6 is 0 Å². The monoisotopic (exact) mass is 326 g/mol. The predicted molar refractivity (Wildman–Crippen MR) is 87.3 cm³/mol. The number of unbranched alkanes of at least 4 members (excludes halogenated alkanes) is 2. The van der Waals surface area contributed by atoms with Gasteiger partial charge in [-0.3, -0.25) is 4.90 Å². The van der Waals surface area contributed by atoms with Crippen molar-refractivity contribution in [3.05, 3.63) is 48.0 Å². The number of alkyl halides is 3. The Bertz CT molecular complexity index is 476. The smallest absolute Gasteiger partial charge is 0.314 e. The summed E-state index contributed by atoms with van der Waals surface area (Å²) in [6, 6.07) is 5.89. The largest absolute Gasteiger partial charge is 0.416 e. The molecular formula is C18H25F3N2. The van der Waals surface area contributed by atoms with E-state index in [1.54, 1.807) is 12.1 Å². The van der Waals surface area contributed by atoms with Crippen LogP contribution in [-0.4, -0.2) is 31.1 Å².